The van der Waals surface area contributed by atoms with Crippen LogP contribution in [0.5, 0.6) is 0 Å². The molecule has 3 nitrogen and oxygen atoms in total. The van der Waals surface area contributed by atoms with Gasteiger partial charge < -0.3 is 15.7 Å². The first-order chi connectivity index (χ1) is 9.31. The highest BCUT2D eigenvalue weighted by Crippen LogP contribution is 2.30. The number of hydrogen-bond donors (Lipinski definition) is 3. The monoisotopic (exact) mass is 268 g/mol. The lowest BCUT2D eigenvalue weighted by Crippen LogP contribution is -2.51. The van der Waals surface area contributed by atoms with Gasteiger partial charge >= 0.3 is 0 Å². The third-order valence-electron chi connectivity index (χ3n) is 4.92. The molecule has 2 aliphatic rings. The summed E-state index contributed by atoms with van der Waals surface area (Å²) in [5.74, 6) is 0.780. The van der Waals surface area contributed by atoms with Crippen molar-refractivity contribution < 1.29 is 5.11 Å². The van der Waals surface area contributed by atoms with E-state index < -0.39 is 0 Å². The van der Waals surface area contributed by atoms with Gasteiger partial charge in [-0.1, -0.05) is 32.6 Å². The van der Waals surface area contributed by atoms with Crippen LogP contribution in [0.15, 0.2) is 0 Å². The van der Waals surface area contributed by atoms with Crippen LogP contribution in [0.4, 0.5) is 0 Å². The fourth-order valence-electron chi connectivity index (χ4n) is 3.86. The Morgan fingerprint density at radius 2 is 1.95 bits per heavy atom. The highest BCUT2D eigenvalue weighted by atomic mass is 16.3. The zero-order valence-electron chi connectivity index (χ0n) is 12.5. The van der Waals surface area contributed by atoms with Crippen LogP contribution >= 0.6 is 0 Å². The molecule has 2 fully saturated rings. The van der Waals surface area contributed by atoms with Crippen LogP contribution in [0.2, 0.25) is 0 Å². The van der Waals surface area contributed by atoms with Gasteiger partial charge in [0, 0.05) is 18.6 Å². The van der Waals surface area contributed by atoms with Gasteiger partial charge in [-0.15, -0.1) is 0 Å². The van der Waals surface area contributed by atoms with Crippen molar-refractivity contribution in [2.75, 3.05) is 13.1 Å². The van der Waals surface area contributed by atoms with Gasteiger partial charge in [0.15, 0.2) is 0 Å². The second kappa shape index (κ2) is 8.23. The van der Waals surface area contributed by atoms with Crippen LogP contribution in [-0.2, 0) is 0 Å². The van der Waals surface area contributed by atoms with Gasteiger partial charge in [0.1, 0.15) is 0 Å². The van der Waals surface area contributed by atoms with Gasteiger partial charge in [0.25, 0.3) is 0 Å². The summed E-state index contributed by atoms with van der Waals surface area (Å²) in [6, 6.07) is 1.34. The fourth-order valence-corrected chi connectivity index (χ4v) is 3.86. The molecule has 1 saturated carbocycles. The SMILES string of the molecule is CCCC(O)CNC1CCCCC1C1CCCCN1. The first kappa shape index (κ1) is 15.3. The molecule has 0 spiro atoms. The minimum absolute atomic E-state index is 0.160. The van der Waals surface area contributed by atoms with Crippen LogP contribution in [0.1, 0.15) is 64.7 Å². The standard InChI is InChI=1S/C16H32N2O/c1-2-7-13(19)12-18-16-9-4-3-8-14(16)15-10-5-6-11-17-15/h13-19H,2-12H2,1H3. The van der Waals surface area contributed by atoms with E-state index in [-0.39, 0.29) is 6.10 Å². The van der Waals surface area contributed by atoms with Crippen molar-refractivity contribution in [1.82, 2.24) is 10.6 Å². The Morgan fingerprint density at radius 1 is 1.16 bits per heavy atom. The van der Waals surface area contributed by atoms with E-state index in [1.807, 2.05) is 0 Å². The van der Waals surface area contributed by atoms with Crippen LogP contribution in [0, 0.1) is 5.92 Å². The number of piperidine rings is 1. The molecule has 112 valence electrons. The molecule has 0 bridgehead atoms. The molecular weight excluding hydrogens is 236 g/mol. The highest BCUT2D eigenvalue weighted by molar-refractivity contribution is 4.90. The predicted octanol–water partition coefficient (Wildman–Crippen LogP) is 2.44. The van der Waals surface area contributed by atoms with Crippen LogP contribution in [0.25, 0.3) is 0 Å². The van der Waals surface area contributed by atoms with Gasteiger partial charge in [-0.25, -0.2) is 0 Å². The number of rotatable bonds is 6. The van der Waals surface area contributed by atoms with Crippen molar-refractivity contribution in [2.45, 2.75) is 82.9 Å². The summed E-state index contributed by atoms with van der Waals surface area (Å²) in [5.41, 5.74) is 0. The lowest BCUT2D eigenvalue weighted by molar-refractivity contribution is 0.131. The quantitative estimate of drug-likeness (QED) is 0.693. The Hall–Kier alpha value is -0.120. The molecule has 19 heavy (non-hydrogen) atoms. The fraction of sp³-hybridized carbons (Fsp3) is 1.00. The smallest absolute Gasteiger partial charge is 0.0664 e. The summed E-state index contributed by atoms with van der Waals surface area (Å²) in [6.45, 7) is 4.12. The summed E-state index contributed by atoms with van der Waals surface area (Å²) in [5, 5.41) is 17.3. The minimum Gasteiger partial charge on any atom is -0.392 e. The number of aliphatic hydroxyl groups is 1. The van der Waals surface area contributed by atoms with Crippen molar-refractivity contribution >= 4 is 0 Å². The normalized spacial score (nSPS) is 34.1. The first-order valence-electron chi connectivity index (χ1n) is 8.46. The number of aliphatic hydroxyl groups excluding tert-OH is 1. The molecule has 4 unspecified atom stereocenters. The van der Waals surface area contributed by atoms with E-state index in [1.165, 1.54) is 51.5 Å². The maximum Gasteiger partial charge on any atom is 0.0664 e. The molecule has 3 N–H and O–H groups in total. The van der Waals surface area contributed by atoms with Gasteiger partial charge in [0.2, 0.25) is 0 Å². The number of hydrogen-bond acceptors (Lipinski definition) is 3. The maximum atomic E-state index is 9.90. The average Bonchev–Trinajstić information content (AvgIpc) is 2.47. The summed E-state index contributed by atoms with van der Waals surface area (Å²) in [7, 11) is 0. The molecule has 3 heteroatoms. The Labute approximate surface area is 118 Å². The van der Waals surface area contributed by atoms with Crippen LogP contribution in [0.3, 0.4) is 0 Å². The molecule has 1 aliphatic heterocycles. The van der Waals surface area contributed by atoms with E-state index in [4.69, 9.17) is 0 Å². The van der Waals surface area contributed by atoms with Crippen LogP contribution < -0.4 is 10.6 Å². The largest absolute Gasteiger partial charge is 0.392 e. The van der Waals surface area contributed by atoms with Gasteiger partial charge in [0.05, 0.1) is 6.10 Å². The second-order valence-corrected chi connectivity index (χ2v) is 6.46. The van der Waals surface area contributed by atoms with Crippen molar-refractivity contribution in [3.8, 4) is 0 Å². The van der Waals surface area contributed by atoms with E-state index in [0.717, 1.165) is 31.3 Å². The third kappa shape index (κ3) is 4.73. The van der Waals surface area contributed by atoms with E-state index in [0.29, 0.717) is 6.04 Å². The van der Waals surface area contributed by atoms with Gasteiger partial charge in [-0.2, -0.15) is 0 Å². The number of nitrogens with one attached hydrogen (secondary N) is 2. The molecule has 2 rings (SSSR count). The predicted molar refractivity (Wildman–Crippen MR) is 80.3 cm³/mol. The summed E-state index contributed by atoms with van der Waals surface area (Å²) in [4.78, 5) is 0. The topological polar surface area (TPSA) is 44.3 Å². The molecule has 1 heterocycles. The molecule has 0 radical (unpaired) electrons. The Morgan fingerprint density at radius 3 is 2.68 bits per heavy atom. The average molecular weight is 268 g/mol. The Balaban J connectivity index is 1.81. The van der Waals surface area contributed by atoms with E-state index in [1.54, 1.807) is 0 Å². The van der Waals surface area contributed by atoms with Crippen molar-refractivity contribution in [2.24, 2.45) is 5.92 Å². The molecule has 1 aliphatic carbocycles. The summed E-state index contributed by atoms with van der Waals surface area (Å²) in [6.07, 6.45) is 11.3. The lowest BCUT2D eigenvalue weighted by atomic mass is 9.77. The summed E-state index contributed by atoms with van der Waals surface area (Å²) < 4.78 is 0. The second-order valence-electron chi connectivity index (χ2n) is 6.46. The Kier molecular flexibility index (Phi) is 6.62. The molecule has 4 atom stereocenters. The van der Waals surface area contributed by atoms with Crippen molar-refractivity contribution in [3.05, 3.63) is 0 Å². The maximum absolute atomic E-state index is 9.90. The molecule has 0 aromatic heterocycles. The zero-order chi connectivity index (χ0) is 13.5. The minimum atomic E-state index is -0.160. The van der Waals surface area contributed by atoms with E-state index in [2.05, 4.69) is 17.6 Å². The molecular formula is C16H32N2O. The lowest BCUT2D eigenvalue weighted by Gasteiger charge is -2.40. The first-order valence-corrected chi connectivity index (χ1v) is 8.46. The van der Waals surface area contributed by atoms with E-state index in [9.17, 15) is 5.11 Å². The van der Waals surface area contributed by atoms with Crippen LogP contribution in [-0.4, -0.2) is 36.4 Å². The summed E-state index contributed by atoms with van der Waals surface area (Å²) >= 11 is 0. The zero-order valence-corrected chi connectivity index (χ0v) is 12.5. The molecule has 0 aromatic carbocycles. The van der Waals surface area contributed by atoms with Crippen molar-refractivity contribution in [3.63, 3.8) is 0 Å². The molecule has 1 saturated heterocycles. The van der Waals surface area contributed by atoms with Crippen molar-refractivity contribution in [1.29, 1.82) is 0 Å². The molecule has 0 aromatic rings. The van der Waals surface area contributed by atoms with Gasteiger partial charge in [-0.05, 0) is 44.6 Å². The molecule has 0 amide bonds. The van der Waals surface area contributed by atoms with Gasteiger partial charge in [-0.3, -0.25) is 0 Å². The third-order valence-corrected chi connectivity index (χ3v) is 4.92. The highest BCUT2D eigenvalue weighted by Gasteiger charge is 2.32. The Bertz CT molecular complexity index is 241. The van der Waals surface area contributed by atoms with E-state index >= 15 is 0 Å².